The van der Waals surface area contributed by atoms with E-state index in [2.05, 4.69) is 20.9 Å². The minimum atomic E-state index is -0.113. The zero-order chi connectivity index (χ0) is 15.2. The molecule has 0 aliphatic rings. The van der Waals surface area contributed by atoms with Crippen LogP contribution in [0.5, 0.6) is 5.75 Å². The van der Waals surface area contributed by atoms with Gasteiger partial charge in [-0.25, -0.2) is 4.98 Å². The zero-order valence-electron chi connectivity index (χ0n) is 11.4. The molecule has 0 atom stereocenters. The van der Waals surface area contributed by atoms with E-state index in [1.807, 2.05) is 12.1 Å². The summed E-state index contributed by atoms with van der Waals surface area (Å²) in [6, 6.07) is 10.7. The number of likely N-dealkylation sites (N-methyl/N-ethyl adjacent to an activating group) is 1. The Morgan fingerprint density at radius 1 is 1.33 bits per heavy atom. The normalized spacial score (nSPS) is 10.2. The summed E-state index contributed by atoms with van der Waals surface area (Å²) >= 11 is 9.27. The molecule has 0 N–H and O–H groups in total. The van der Waals surface area contributed by atoms with Crippen molar-refractivity contribution in [3.63, 3.8) is 0 Å². The molecule has 2 aromatic rings. The minimum absolute atomic E-state index is 0.113. The van der Waals surface area contributed by atoms with Gasteiger partial charge in [0.25, 0.3) is 5.91 Å². The molecule has 1 aromatic heterocycles. The van der Waals surface area contributed by atoms with Gasteiger partial charge in [-0.2, -0.15) is 0 Å². The summed E-state index contributed by atoms with van der Waals surface area (Å²) in [7, 11) is 1.72. The van der Waals surface area contributed by atoms with Crippen LogP contribution in [-0.2, 0) is 0 Å². The molecule has 0 spiro atoms. The van der Waals surface area contributed by atoms with E-state index in [-0.39, 0.29) is 5.91 Å². The lowest BCUT2D eigenvalue weighted by Gasteiger charge is -2.18. The standard InChI is InChI=1S/C15H14BrClN2O2/c1-19(15(20)11-5-4-8-18-14(11)16)9-10-21-13-7-3-2-6-12(13)17/h2-8H,9-10H2,1H3. The van der Waals surface area contributed by atoms with Crippen molar-refractivity contribution < 1.29 is 9.53 Å². The van der Waals surface area contributed by atoms with Crippen molar-refractivity contribution in [3.05, 3.63) is 57.8 Å². The highest BCUT2D eigenvalue weighted by Gasteiger charge is 2.15. The maximum absolute atomic E-state index is 12.2. The van der Waals surface area contributed by atoms with E-state index in [4.69, 9.17) is 16.3 Å². The van der Waals surface area contributed by atoms with Crippen LogP contribution in [0.3, 0.4) is 0 Å². The van der Waals surface area contributed by atoms with E-state index >= 15 is 0 Å². The second kappa shape index (κ2) is 7.43. The molecule has 0 saturated heterocycles. The molecule has 110 valence electrons. The molecule has 0 saturated carbocycles. The highest BCUT2D eigenvalue weighted by atomic mass is 79.9. The van der Waals surface area contributed by atoms with E-state index in [0.717, 1.165) is 0 Å². The lowest BCUT2D eigenvalue weighted by atomic mass is 10.2. The molecule has 1 amide bonds. The topological polar surface area (TPSA) is 42.4 Å². The Bertz CT molecular complexity index is 637. The van der Waals surface area contributed by atoms with Crippen LogP contribution < -0.4 is 4.74 Å². The highest BCUT2D eigenvalue weighted by Crippen LogP contribution is 2.23. The third-order valence-electron chi connectivity index (χ3n) is 2.86. The Kier molecular flexibility index (Phi) is 5.59. The van der Waals surface area contributed by atoms with Crippen molar-refractivity contribution in [1.29, 1.82) is 0 Å². The van der Waals surface area contributed by atoms with Crippen molar-refractivity contribution in [3.8, 4) is 5.75 Å². The van der Waals surface area contributed by atoms with Gasteiger partial charge in [0.1, 0.15) is 17.0 Å². The van der Waals surface area contributed by atoms with E-state index in [9.17, 15) is 4.79 Å². The number of hydrogen-bond donors (Lipinski definition) is 0. The van der Waals surface area contributed by atoms with E-state index in [0.29, 0.717) is 34.1 Å². The number of rotatable bonds is 5. The third kappa shape index (κ3) is 4.19. The number of carbonyl (C=O) groups excluding carboxylic acids is 1. The summed E-state index contributed by atoms with van der Waals surface area (Å²) in [5, 5.41) is 0.557. The first-order valence-electron chi connectivity index (χ1n) is 6.33. The average Bonchev–Trinajstić information content (AvgIpc) is 2.49. The van der Waals surface area contributed by atoms with E-state index in [1.54, 1.807) is 42.4 Å². The number of nitrogens with zero attached hydrogens (tertiary/aromatic N) is 2. The molecule has 0 fully saturated rings. The second-order valence-corrected chi connectivity index (χ2v) is 5.51. The van der Waals surface area contributed by atoms with E-state index in [1.165, 1.54) is 0 Å². The monoisotopic (exact) mass is 368 g/mol. The molecule has 0 radical (unpaired) electrons. The van der Waals surface area contributed by atoms with Gasteiger partial charge in [-0.05, 0) is 40.2 Å². The number of para-hydroxylation sites is 1. The molecule has 0 aliphatic carbocycles. The van der Waals surface area contributed by atoms with Crippen LogP contribution in [-0.4, -0.2) is 36.0 Å². The largest absolute Gasteiger partial charge is 0.490 e. The molecule has 21 heavy (non-hydrogen) atoms. The van der Waals surface area contributed by atoms with Gasteiger partial charge in [0.2, 0.25) is 0 Å². The number of pyridine rings is 1. The fourth-order valence-corrected chi connectivity index (χ4v) is 2.32. The predicted octanol–water partition coefficient (Wildman–Crippen LogP) is 3.65. The summed E-state index contributed by atoms with van der Waals surface area (Å²) < 4.78 is 6.11. The van der Waals surface area contributed by atoms with Crippen LogP contribution in [0.2, 0.25) is 5.02 Å². The van der Waals surface area contributed by atoms with Crippen LogP contribution in [0.4, 0.5) is 0 Å². The molecule has 0 bridgehead atoms. The number of amides is 1. The molecule has 0 unspecified atom stereocenters. The summed E-state index contributed by atoms with van der Waals surface area (Å²) in [6.45, 7) is 0.815. The Morgan fingerprint density at radius 2 is 2.10 bits per heavy atom. The molecule has 4 nitrogen and oxygen atoms in total. The van der Waals surface area contributed by atoms with Gasteiger partial charge >= 0.3 is 0 Å². The van der Waals surface area contributed by atoms with E-state index < -0.39 is 0 Å². The van der Waals surface area contributed by atoms with Gasteiger partial charge in [-0.3, -0.25) is 4.79 Å². The lowest BCUT2D eigenvalue weighted by Crippen LogP contribution is -2.31. The number of hydrogen-bond acceptors (Lipinski definition) is 3. The molecule has 1 aromatic carbocycles. The lowest BCUT2D eigenvalue weighted by molar-refractivity contribution is 0.0772. The highest BCUT2D eigenvalue weighted by molar-refractivity contribution is 9.10. The molecule has 0 aliphatic heterocycles. The molecule has 2 rings (SSSR count). The molecule has 1 heterocycles. The number of ether oxygens (including phenoxy) is 1. The quantitative estimate of drug-likeness (QED) is 0.756. The SMILES string of the molecule is CN(CCOc1ccccc1Cl)C(=O)c1cccnc1Br. The second-order valence-electron chi connectivity index (χ2n) is 4.35. The van der Waals surface area contributed by atoms with Crippen LogP contribution in [0.1, 0.15) is 10.4 Å². The van der Waals surface area contributed by atoms with Gasteiger partial charge in [-0.1, -0.05) is 23.7 Å². The first kappa shape index (κ1) is 15.8. The fraction of sp³-hybridized carbons (Fsp3) is 0.200. The first-order valence-corrected chi connectivity index (χ1v) is 7.50. The molecule has 6 heteroatoms. The number of aromatic nitrogens is 1. The average molecular weight is 370 g/mol. The summed E-state index contributed by atoms with van der Waals surface area (Å²) in [6.07, 6.45) is 1.63. The Morgan fingerprint density at radius 3 is 2.81 bits per heavy atom. The number of carbonyl (C=O) groups is 1. The van der Waals surface area contributed by atoms with Crippen LogP contribution in [0, 0.1) is 0 Å². The number of halogens is 2. The van der Waals surface area contributed by atoms with Gasteiger partial charge in [0.05, 0.1) is 17.1 Å². The Hall–Kier alpha value is -1.59. The van der Waals surface area contributed by atoms with Crippen LogP contribution in [0.15, 0.2) is 47.2 Å². The first-order chi connectivity index (χ1) is 10.1. The van der Waals surface area contributed by atoms with Crippen molar-refractivity contribution >= 4 is 33.4 Å². The Labute approximate surface area is 136 Å². The smallest absolute Gasteiger partial charge is 0.256 e. The predicted molar refractivity (Wildman–Crippen MR) is 85.8 cm³/mol. The van der Waals surface area contributed by atoms with Crippen LogP contribution in [0.25, 0.3) is 0 Å². The van der Waals surface area contributed by atoms with Crippen molar-refractivity contribution in [2.75, 3.05) is 20.2 Å². The third-order valence-corrected chi connectivity index (χ3v) is 3.80. The van der Waals surface area contributed by atoms with Crippen molar-refractivity contribution in [1.82, 2.24) is 9.88 Å². The zero-order valence-corrected chi connectivity index (χ0v) is 13.8. The minimum Gasteiger partial charge on any atom is -0.490 e. The van der Waals surface area contributed by atoms with Gasteiger partial charge in [0, 0.05) is 13.2 Å². The van der Waals surface area contributed by atoms with Crippen molar-refractivity contribution in [2.24, 2.45) is 0 Å². The summed E-state index contributed by atoms with van der Waals surface area (Å²) in [5.74, 6) is 0.500. The summed E-state index contributed by atoms with van der Waals surface area (Å²) in [5.41, 5.74) is 0.526. The van der Waals surface area contributed by atoms with Crippen LogP contribution >= 0.6 is 27.5 Å². The molecular formula is C15H14BrClN2O2. The van der Waals surface area contributed by atoms with Gasteiger partial charge in [-0.15, -0.1) is 0 Å². The fourth-order valence-electron chi connectivity index (χ4n) is 1.71. The number of benzene rings is 1. The maximum Gasteiger partial charge on any atom is 0.256 e. The maximum atomic E-state index is 12.2. The molecular weight excluding hydrogens is 356 g/mol. The van der Waals surface area contributed by atoms with Gasteiger partial charge in [0.15, 0.2) is 0 Å². The van der Waals surface area contributed by atoms with Gasteiger partial charge < -0.3 is 9.64 Å². The summed E-state index contributed by atoms with van der Waals surface area (Å²) in [4.78, 5) is 17.9. The van der Waals surface area contributed by atoms with Crippen molar-refractivity contribution in [2.45, 2.75) is 0 Å². The Balaban J connectivity index is 1.90.